The smallest absolute Gasteiger partial charge is 0.338 e. The van der Waals surface area contributed by atoms with Gasteiger partial charge in [0.25, 0.3) is 0 Å². The summed E-state index contributed by atoms with van der Waals surface area (Å²) >= 11 is 12.4. The lowest BCUT2D eigenvalue weighted by molar-refractivity contribution is -0.139. The molecule has 2 amide bonds. The summed E-state index contributed by atoms with van der Waals surface area (Å²) in [4.78, 5) is 24.5. The van der Waals surface area contributed by atoms with Gasteiger partial charge in [-0.05, 0) is 43.7 Å². The van der Waals surface area contributed by atoms with Gasteiger partial charge in [0.1, 0.15) is 6.61 Å². The van der Waals surface area contributed by atoms with Crippen LogP contribution >= 0.6 is 23.2 Å². The summed E-state index contributed by atoms with van der Waals surface area (Å²) in [6.45, 7) is 3.74. The van der Waals surface area contributed by atoms with Crippen LogP contribution < -0.4 is 20.1 Å². The number of nitrogens with one attached hydrogen (secondary N) is 2. The van der Waals surface area contributed by atoms with E-state index in [2.05, 4.69) is 10.6 Å². The summed E-state index contributed by atoms with van der Waals surface area (Å²) in [6, 6.07) is 9.26. The van der Waals surface area contributed by atoms with Crippen LogP contribution in [0.1, 0.15) is 31.0 Å². The Morgan fingerprint density at radius 2 is 1.84 bits per heavy atom. The molecule has 31 heavy (non-hydrogen) atoms. The highest BCUT2D eigenvalue weighted by Crippen LogP contribution is 2.35. The molecule has 1 heterocycles. The number of allylic oxidation sites excluding steroid dienone is 1. The number of hydrogen-bond acceptors (Lipinski definition) is 5. The molecule has 0 aromatic heterocycles. The van der Waals surface area contributed by atoms with Crippen LogP contribution in [0.3, 0.4) is 0 Å². The number of amides is 2. The van der Waals surface area contributed by atoms with E-state index in [4.69, 9.17) is 37.4 Å². The highest BCUT2D eigenvalue weighted by Gasteiger charge is 2.32. The highest BCUT2D eigenvalue weighted by molar-refractivity contribution is 6.35. The maximum Gasteiger partial charge on any atom is 0.338 e. The van der Waals surface area contributed by atoms with E-state index in [1.165, 1.54) is 7.11 Å². The van der Waals surface area contributed by atoms with Gasteiger partial charge in [0.15, 0.2) is 11.5 Å². The first-order valence-corrected chi connectivity index (χ1v) is 10.3. The predicted octanol–water partition coefficient (Wildman–Crippen LogP) is 4.77. The number of carbonyl (C=O) groups is 2. The van der Waals surface area contributed by atoms with Gasteiger partial charge < -0.3 is 24.8 Å². The Morgan fingerprint density at radius 3 is 2.48 bits per heavy atom. The summed E-state index contributed by atoms with van der Waals surface area (Å²) in [5.41, 5.74) is 2.04. The number of hydrogen-bond donors (Lipinski definition) is 2. The molecule has 164 valence electrons. The average Bonchev–Trinajstić information content (AvgIpc) is 2.73. The number of carbonyl (C=O) groups excluding carboxylic acids is 2. The van der Waals surface area contributed by atoms with Crippen LogP contribution in [0.25, 0.3) is 0 Å². The molecule has 0 spiro atoms. The zero-order valence-corrected chi connectivity index (χ0v) is 18.8. The van der Waals surface area contributed by atoms with Gasteiger partial charge in [0.2, 0.25) is 0 Å². The van der Waals surface area contributed by atoms with Crippen molar-refractivity contribution in [3.8, 4) is 11.5 Å². The maximum atomic E-state index is 12.5. The number of benzene rings is 2. The third kappa shape index (κ3) is 5.06. The summed E-state index contributed by atoms with van der Waals surface area (Å²) in [5, 5.41) is 6.36. The van der Waals surface area contributed by atoms with Crippen molar-refractivity contribution in [2.24, 2.45) is 0 Å². The van der Waals surface area contributed by atoms with Gasteiger partial charge in [0.05, 0.1) is 25.3 Å². The van der Waals surface area contributed by atoms with Gasteiger partial charge in [-0.15, -0.1) is 0 Å². The van der Waals surface area contributed by atoms with E-state index in [0.29, 0.717) is 43.9 Å². The lowest BCUT2D eigenvalue weighted by Crippen LogP contribution is -2.45. The first-order valence-electron chi connectivity index (χ1n) is 9.54. The lowest BCUT2D eigenvalue weighted by Gasteiger charge is -2.28. The zero-order chi connectivity index (χ0) is 22.5. The number of ether oxygens (including phenoxy) is 3. The van der Waals surface area contributed by atoms with Crippen molar-refractivity contribution in [1.29, 1.82) is 0 Å². The van der Waals surface area contributed by atoms with E-state index in [-0.39, 0.29) is 13.2 Å². The molecule has 0 fully saturated rings. The van der Waals surface area contributed by atoms with E-state index in [0.717, 1.165) is 0 Å². The third-order valence-electron chi connectivity index (χ3n) is 4.72. The Bertz CT molecular complexity index is 1020. The second kappa shape index (κ2) is 9.94. The molecular formula is C22H22Cl2N2O5. The topological polar surface area (TPSA) is 85.9 Å². The van der Waals surface area contributed by atoms with Crippen LogP contribution in [0, 0.1) is 0 Å². The van der Waals surface area contributed by atoms with Gasteiger partial charge in [-0.2, -0.15) is 0 Å². The molecule has 0 bridgehead atoms. The highest BCUT2D eigenvalue weighted by atomic mass is 35.5. The SMILES string of the molecule is CCOC(=O)C1=C(C)NC(=O)NC1c1ccc(OCc2c(Cl)cccc2Cl)c(OC)c1. The van der Waals surface area contributed by atoms with Gasteiger partial charge in [0, 0.05) is 21.3 Å². The Hall–Kier alpha value is -2.90. The Labute approximate surface area is 190 Å². The third-order valence-corrected chi connectivity index (χ3v) is 5.43. The molecule has 2 aromatic carbocycles. The molecular weight excluding hydrogens is 443 g/mol. The molecule has 1 atom stereocenters. The molecule has 7 nitrogen and oxygen atoms in total. The van der Waals surface area contributed by atoms with Crippen molar-refractivity contribution in [3.05, 3.63) is 68.8 Å². The summed E-state index contributed by atoms with van der Waals surface area (Å²) in [7, 11) is 1.50. The summed E-state index contributed by atoms with van der Waals surface area (Å²) < 4.78 is 16.5. The lowest BCUT2D eigenvalue weighted by atomic mass is 9.95. The Balaban J connectivity index is 1.90. The van der Waals surface area contributed by atoms with E-state index >= 15 is 0 Å². The molecule has 1 unspecified atom stereocenters. The van der Waals surface area contributed by atoms with Crippen molar-refractivity contribution in [2.75, 3.05) is 13.7 Å². The van der Waals surface area contributed by atoms with Gasteiger partial charge in [-0.3, -0.25) is 0 Å². The van der Waals surface area contributed by atoms with Crippen molar-refractivity contribution in [1.82, 2.24) is 10.6 Å². The quantitative estimate of drug-likeness (QED) is 0.576. The molecule has 2 aromatic rings. The molecule has 1 aliphatic heterocycles. The minimum atomic E-state index is -0.700. The predicted molar refractivity (Wildman–Crippen MR) is 118 cm³/mol. The van der Waals surface area contributed by atoms with Crippen LogP contribution in [0.4, 0.5) is 4.79 Å². The van der Waals surface area contributed by atoms with Crippen molar-refractivity contribution in [2.45, 2.75) is 26.5 Å². The fourth-order valence-electron chi connectivity index (χ4n) is 3.23. The van der Waals surface area contributed by atoms with Crippen LogP contribution in [0.15, 0.2) is 47.7 Å². The second-order valence-electron chi connectivity index (χ2n) is 6.69. The van der Waals surface area contributed by atoms with E-state index in [1.807, 2.05) is 0 Å². The normalized spacial score (nSPS) is 15.8. The monoisotopic (exact) mass is 464 g/mol. The van der Waals surface area contributed by atoms with E-state index in [9.17, 15) is 9.59 Å². The summed E-state index contributed by atoms with van der Waals surface area (Å²) in [6.07, 6.45) is 0. The van der Waals surface area contributed by atoms with E-state index in [1.54, 1.807) is 50.2 Å². The number of esters is 1. The molecule has 0 saturated heterocycles. The van der Waals surface area contributed by atoms with Crippen molar-refractivity contribution < 1.29 is 23.8 Å². The zero-order valence-electron chi connectivity index (χ0n) is 17.3. The second-order valence-corrected chi connectivity index (χ2v) is 7.50. The first kappa shape index (κ1) is 22.8. The molecule has 2 N–H and O–H groups in total. The molecule has 0 saturated carbocycles. The molecule has 3 rings (SSSR count). The first-order chi connectivity index (χ1) is 14.8. The Kier molecular flexibility index (Phi) is 7.30. The summed E-state index contributed by atoms with van der Waals surface area (Å²) in [5.74, 6) is 0.375. The standard InChI is InChI=1S/C22H22Cl2N2O5/c1-4-30-21(27)19-12(2)25-22(28)26-20(19)13-8-9-17(18(10-13)29-3)31-11-14-15(23)6-5-7-16(14)24/h5-10,20H,4,11H2,1-3H3,(H2,25,26,28). The minimum absolute atomic E-state index is 0.144. The van der Waals surface area contributed by atoms with Crippen molar-refractivity contribution in [3.63, 3.8) is 0 Å². The van der Waals surface area contributed by atoms with E-state index < -0.39 is 18.0 Å². The number of methoxy groups -OCH3 is 1. The van der Waals surface area contributed by atoms with Crippen LogP contribution in [0.2, 0.25) is 10.0 Å². The minimum Gasteiger partial charge on any atom is -0.493 e. The fraction of sp³-hybridized carbons (Fsp3) is 0.273. The van der Waals surface area contributed by atoms with Gasteiger partial charge in [-0.1, -0.05) is 35.3 Å². The average molecular weight is 465 g/mol. The van der Waals surface area contributed by atoms with Gasteiger partial charge >= 0.3 is 12.0 Å². The van der Waals surface area contributed by atoms with Crippen LogP contribution in [-0.4, -0.2) is 25.7 Å². The largest absolute Gasteiger partial charge is 0.493 e. The molecule has 0 aliphatic carbocycles. The molecule has 1 aliphatic rings. The van der Waals surface area contributed by atoms with Gasteiger partial charge in [-0.25, -0.2) is 9.59 Å². The maximum absolute atomic E-state index is 12.5. The van der Waals surface area contributed by atoms with Crippen molar-refractivity contribution >= 4 is 35.2 Å². The fourth-order valence-corrected chi connectivity index (χ4v) is 3.73. The number of urea groups is 1. The number of halogens is 2. The molecule has 9 heteroatoms. The molecule has 0 radical (unpaired) electrons. The van der Waals surface area contributed by atoms with Crippen LogP contribution in [0.5, 0.6) is 11.5 Å². The Morgan fingerprint density at radius 1 is 1.13 bits per heavy atom. The van der Waals surface area contributed by atoms with Crippen LogP contribution in [-0.2, 0) is 16.1 Å². The number of rotatable bonds is 7.